The molecule has 1 rings (SSSR count). The van der Waals surface area contributed by atoms with Gasteiger partial charge in [0.25, 0.3) is 5.91 Å². The van der Waals surface area contributed by atoms with Crippen molar-refractivity contribution in [3.05, 3.63) is 28.4 Å². The smallest absolute Gasteiger partial charge is 0.405 e. The SMILES string of the molecule is CC(OC(=O)CCC(=O)NC(=O)c1cc(I)cc(I)c1I)C(F)(F)S(=O)(=O)O. The van der Waals surface area contributed by atoms with Crippen molar-refractivity contribution in [2.75, 3.05) is 0 Å². The Morgan fingerprint density at radius 1 is 1.21 bits per heavy atom. The van der Waals surface area contributed by atoms with Crippen LogP contribution in [0.2, 0.25) is 0 Å². The summed E-state index contributed by atoms with van der Waals surface area (Å²) in [4.78, 5) is 35.5. The summed E-state index contributed by atoms with van der Waals surface area (Å²) in [6.07, 6.45) is -3.69. The number of carbonyl (C=O) groups excluding carboxylic acids is 3. The van der Waals surface area contributed by atoms with E-state index in [-0.39, 0.29) is 5.56 Å². The van der Waals surface area contributed by atoms with Gasteiger partial charge in [0.2, 0.25) is 5.91 Å². The van der Waals surface area contributed by atoms with Gasteiger partial charge in [-0.3, -0.25) is 24.3 Å². The van der Waals surface area contributed by atoms with Gasteiger partial charge in [-0.05, 0) is 86.8 Å². The molecule has 0 fully saturated rings. The summed E-state index contributed by atoms with van der Waals surface area (Å²) in [5, 5.41) is -2.62. The van der Waals surface area contributed by atoms with Crippen molar-refractivity contribution in [2.24, 2.45) is 0 Å². The number of esters is 1. The monoisotopic (exact) mass is 757 g/mol. The van der Waals surface area contributed by atoms with Gasteiger partial charge in [-0.15, -0.1) is 0 Å². The molecule has 156 valence electrons. The highest BCUT2D eigenvalue weighted by molar-refractivity contribution is 14.1. The molecule has 0 spiro atoms. The summed E-state index contributed by atoms with van der Waals surface area (Å²) in [7, 11) is -5.77. The van der Waals surface area contributed by atoms with E-state index in [1.165, 1.54) is 0 Å². The van der Waals surface area contributed by atoms with Crippen molar-refractivity contribution in [1.82, 2.24) is 5.32 Å². The van der Waals surface area contributed by atoms with E-state index in [0.717, 1.165) is 7.14 Å². The maximum absolute atomic E-state index is 13.3. The molecule has 1 unspecified atom stereocenters. The number of carbonyl (C=O) groups is 3. The molecule has 28 heavy (non-hydrogen) atoms. The van der Waals surface area contributed by atoms with E-state index in [4.69, 9.17) is 4.55 Å². The number of ether oxygens (including phenoxy) is 1. The topological polar surface area (TPSA) is 127 Å². The Labute approximate surface area is 199 Å². The predicted octanol–water partition coefficient (Wildman–Crippen LogP) is 2.95. The van der Waals surface area contributed by atoms with E-state index in [9.17, 15) is 31.6 Å². The molecule has 1 aromatic rings. The maximum atomic E-state index is 13.3. The van der Waals surface area contributed by atoms with Crippen LogP contribution in [0.15, 0.2) is 12.1 Å². The molecule has 2 amide bonds. The van der Waals surface area contributed by atoms with Crippen molar-refractivity contribution in [3.63, 3.8) is 0 Å². The summed E-state index contributed by atoms with van der Waals surface area (Å²) in [5.74, 6) is -2.83. The van der Waals surface area contributed by atoms with Crippen LogP contribution in [-0.2, 0) is 24.4 Å². The maximum Gasteiger partial charge on any atom is 0.405 e. The molecule has 0 saturated heterocycles. The molecule has 0 aliphatic rings. The molecule has 0 aromatic heterocycles. The van der Waals surface area contributed by atoms with Crippen LogP contribution < -0.4 is 5.32 Å². The Morgan fingerprint density at radius 2 is 1.79 bits per heavy atom. The Hall–Kier alpha value is -0.210. The molecule has 0 radical (unpaired) electrons. The Morgan fingerprint density at radius 3 is 2.32 bits per heavy atom. The van der Waals surface area contributed by atoms with Crippen LogP contribution in [0.25, 0.3) is 0 Å². The van der Waals surface area contributed by atoms with E-state index in [1.54, 1.807) is 6.07 Å². The molecule has 2 N–H and O–H groups in total. The van der Waals surface area contributed by atoms with Gasteiger partial charge in [-0.2, -0.15) is 17.2 Å². The van der Waals surface area contributed by atoms with Gasteiger partial charge in [0.05, 0.1) is 12.0 Å². The zero-order chi connectivity index (χ0) is 21.9. The van der Waals surface area contributed by atoms with Crippen molar-refractivity contribution in [2.45, 2.75) is 31.1 Å². The largest absolute Gasteiger partial charge is 0.455 e. The van der Waals surface area contributed by atoms with Gasteiger partial charge >= 0.3 is 21.3 Å². The third-order valence-electron chi connectivity index (χ3n) is 3.17. The molecular weight excluding hydrogens is 745 g/mol. The first-order chi connectivity index (χ1) is 12.7. The van der Waals surface area contributed by atoms with Crippen LogP contribution in [0.1, 0.15) is 30.1 Å². The second-order valence-electron chi connectivity index (χ2n) is 5.30. The highest BCUT2D eigenvalue weighted by Crippen LogP contribution is 2.27. The Kier molecular flexibility index (Phi) is 9.41. The minimum Gasteiger partial charge on any atom is -0.455 e. The number of amides is 2. The van der Waals surface area contributed by atoms with Crippen LogP contribution in [0.4, 0.5) is 8.78 Å². The fourth-order valence-electron chi connectivity index (χ4n) is 1.73. The Balaban J connectivity index is 2.64. The van der Waals surface area contributed by atoms with Gasteiger partial charge in [0, 0.05) is 17.1 Å². The lowest BCUT2D eigenvalue weighted by Gasteiger charge is -2.20. The van der Waals surface area contributed by atoms with Gasteiger partial charge in [-0.1, -0.05) is 0 Å². The van der Waals surface area contributed by atoms with E-state index in [1.807, 2.05) is 73.8 Å². The average molecular weight is 757 g/mol. The number of benzene rings is 1. The first-order valence-corrected chi connectivity index (χ1v) is 11.9. The standard InChI is InChI=1S/C14H12F2I3NO7S/c1-6(14(15,16)28(24,25)26)27-11(22)3-2-10(21)20-13(23)8-4-7(17)5-9(18)12(8)19/h4-6H,2-3H2,1H3,(H,20,21,23)(H,24,25,26). The first-order valence-electron chi connectivity index (χ1n) is 7.19. The number of halogens is 5. The average Bonchev–Trinajstić information content (AvgIpc) is 2.54. The third-order valence-corrected chi connectivity index (χ3v) is 7.86. The molecule has 0 aliphatic heterocycles. The molecular formula is C14H12F2I3NO7S. The number of hydrogen-bond donors (Lipinski definition) is 2. The summed E-state index contributed by atoms with van der Waals surface area (Å²) < 4.78 is 62.7. The van der Waals surface area contributed by atoms with Crippen molar-refractivity contribution in [3.8, 4) is 0 Å². The van der Waals surface area contributed by atoms with Crippen LogP contribution in [0.5, 0.6) is 0 Å². The summed E-state index contributed by atoms with van der Waals surface area (Å²) in [6, 6.07) is 3.40. The van der Waals surface area contributed by atoms with Crippen molar-refractivity contribution >= 4 is 95.7 Å². The summed E-state index contributed by atoms with van der Waals surface area (Å²) in [6.45, 7) is 0.579. The van der Waals surface area contributed by atoms with Crippen LogP contribution in [-0.4, -0.2) is 42.1 Å². The zero-order valence-corrected chi connectivity index (χ0v) is 21.1. The van der Waals surface area contributed by atoms with Gasteiger partial charge in [0.15, 0.2) is 6.10 Å². The second-order valence-corrected chi connectivity index (χ2v) is 10.3. The van der Waals surface area contributed by atoms with E-state index in [0.29, 0.717) is 10.5 Å². The van der Waals surface area contributed by atoms with Gasteiger partial charge in [-0.25, -0.2) is 0 Å². The second kappa shape index (κ2) is 10.2. The molecule has 0 heterocycles. The van der Waals surface area contributed by atoms with Gasteiger partial charge in [0.1, 0.15) is 0 Å². The third kappa shape index (κ3) is 6.94. The fourth-order valence-corrected chi connectivity index (χ4v) is 4.60. The lowest BCUT2D eigenvalue weighted by Crippen LogP contribution is -2.42. The van der Waals surface area contributed by atoms with Gasteiger partial charge < -0.3 is 4.74 Å². The fraction of sp³-hybridized carbons (Fsp3) is 0.357. The minimum absolute atomic E-state index is 0.259. The number of nitrogens with one attached hydrogen (secondary N) is 1. The number of hydrogen-bond acceptors (Lipinski definition) is 6. The number of alkyl halides is 2. The minimum atomic E-state index is -5.77. The van der Waals surface area contributed by atoms with Crippen LogP contribution in [0.3, 0.4) is 0 Å². The zero-order valence-electron chi connectivity index (χ0n) is 13.8. The summed E-state index contributed by atoms with van der Waals surface area (Å²) >= 11 is 5.98. The van der Waals surface area contributed by atoms with Crippen LogP contribution in [0, 0.1) is 10.7 Å². The quantitative estimate of drug-likeness (QED) is 0.190. The molecule has 1 atom stereocenters. The molecule has 0 saturated carbocycles. The van der Waals surface area contributed by atoms with Crippen molar-refractivity contribution < 1.29 is 40.9 Å². The normalized spacial score (nSPS) is 13.0. The lowest BCUT2D eigenvalue weighted by atomic mass is 10.2. The molecule has 1 aromatic carbocycles. The predicted molar refractivity (Wildman–Crippen MR) is 118 cm³/mol. The molecule has 14 heteroatoms. The molecule has 8 nitrogen and oxygen atoms in total. The molecule has 0 bridgehead atoms. The van der Waals surface area contributed by atoms with E-state index >= 15 is 0 Å². The number of rotatable bonds is 7. The van der Waals surface area contributed by atoms with Crippen molar-refractivity contribution in [1.29, 1.82) is 0 Å². The highest BCUT2D eigenvalue weighted by atomic mass is 127. The van der Waals surface area contributed by atoms with E-state index in [2.05, 4.69) is 10.1 Å². The highest BCUT2D eigenvalue weighted by Gasteiger charge is 2.51. The van der Waals surface area contributed by atoms with Crippen LogP contribution >= 0.6 is 67.8 Å². The lowest BCUT2D eigenvalue weighted by molar-refractivity contribution is -0.160. The Bertz CT molecular complexity index is 908. The van der Waals surface area contributed by atoms with E-state index < -0.39 is 52.1 Å². The number of imide groups is 1. The first kappa shape index (κ1) is 25.8. The summed E-state index contributed by atoms with van der Waals surface area (Å²) in [5.41, 5.74) is 0.259. The molecule has 0 aliphatic carbocycles.